The highest BCUT2D eigenvalue weighted by molar-refractivity contribution is 7.45. The Balaban J connectivity index is 3.79. The summed E-state index contributed by atoms with van der Waals surface area (Å²) in [5, 5.41) is 0. The van der Waals surface area contributed by atoms with E-state index in [0.29, 0.717) is 17.4 Å². The predicted octanol–water partition coefficient (Wildman–Crippen LogP) is 17.8. The van der Waals surface area contributed by atoms with Crippen LogP contribution < -0.4 is 4.89 Å². The molecular weight excluding hydrogens is 882 g/mol. The summed E-state index contributed by atoms with van der Waals surface area (Å²) >= 11 is 0. The van der Waals surface area contributed by atoms with Gasteiger partial charge in [-0.25, -0.2) is 0 Å². The zero-order valence-electron chi connectivity index (χ0n) is 46.5. The lowest BCUT2D eigenvalue weighted by Gasteiger charge is -2.28. The molecule has 0 heterocycles. The second-order valence-electron chi connectivity index (χ2n) is 21.7. The Hall–Kier alpha value is -1.25. The molecule has 0 saturated carbocycles. The monoisotopic (exact) mass is 998 g/mol. The first-order chi connectivity index (χ1) is 33.5. The number of rotatable bonds is 56. The Morgan fingerprint density at radius 2 is 0.739 bits per heavy atom. The first kappa shape index (κ1) is 67.8. The Labute approximate surface area is 428 Å². The quantitative estimate of drug-likeness (QED) is 0.0195. The van der Waals surface area contributed by atoms with E-state index in [0.717, 1.165) is 32.1 Å². The number of phosphoric ester groups is 1. The average Bonchev–Trinajstić information content (AvgIpc) is 3.31. The van der Waals surface area contributed by atoms with Crippen molar-refractivity contribution in [3.63, 3.8) is 0 Å². The van der Waals surface area contributed by atoms with Gasteiger partial charge < -0.3 is 27.9 Å². The van der Waals surface area contributed by atoms with E-state index in [2.05, 4.69) is 26.0 Å². The number of quaternary nitrogens is 1. The first-order valence-electron chi connectivity index (χ1n) is 29.9. The van der Waals surface area contributed by atoms with Crippen molar-refractivity contribution in [2.75, 3.05) is 47.5 Å². The highest BCUT2D eigenvalue weighted by Gasteiger charge is 2.22. The van der Waals surface area contributed by atoms with Crippen LogP contribution in [0, 0.1) is 0 Å². The molecule has 0 aromatic rings. The van der Waals surface area contributed by atoms with Crippen LogP contribution in [-0.2, 0) is 32.7 Å². The van der Waals surface area contributed by atoms with Crippen molar-refractivity contribution >= 4 is 19.8 Å². The van der Waals surface area contributed by atoms with Gasteiger partial charge in [-0.2, -0.15) is 0 Å². The first-order valence-corrected chi connectivity index (χ1v) is 31.4. The summed E-state index contributed by atoms with van der Waals surface area (Å²) in [6.45, 7) is 4.24. The molecule has 0 amide bonds. The topological polar surface area (TPSA) is 111 Å². The third kappa shape index (κ3) is 55.9. The van der Waals surface area contributed by atoms with Gasteiger partial charge in [-0.15, -0.1) is 0 Å². The van der Waals surface area contributed by atoms with E-state index >= 15 is 0 Å². The molecule has 0 rings (SSSR count). The molecule has 0 aromatic carbocycles. The van der Waals surface area contributed by atoms with Crippen molar-refractivity contribution in [2.24, 2.45) is 0 Å². The Morgan fingerprint density at radius 1 is 0.435 bits per heavy atom. The zero-order valence-corrected chi connectivity index (χ0v) is 47.4. The summed E-state index contributed by atoms with van der Waals surface area (Å²) in [5.74, 6) is -0.822. The second-order valence-corrected chi connectivity index (χ2v) is 23.1. The summed E-state index contributed by atoms with van der Waals surface area (Å²) in [6.07, 6.45) is 60.4. The third-order valence-electron chi connectivity index (χ3n) is 13.5. The number of allylic oxidation sites excluding steroid dienone is 2. The van der Waals surface area contributed by atoms with Crippen LogP contribution in [0.1, 0.15) is 303 Å². The number of hydrogen-bond donors (Lipinski definition) is 0. The van der Waals surface area contributed by atoms with Crippen LogP contribution >= 0.6 is 7.82 Å². The molecule has 0 saturated heterocycles. The number of likely N-dealkylation sites (N-methyl/N-ethyl adjacent to an activating group) is 1. The van der Waals surface area contributed by atoms with Crippen molar-refractivity contribution in [3.05, 3.63) is 12.2 Å². The van der Waals surface area contributed by atoms with Crippen LogP contribution in [0.4, 0.5) is 0 Å². The fourth-order valence-electron chi connectivity index (χ4n) is 8.89. The molecule has 0 bridgehead atoms. The molecule has 69 heavy (non-hydrogen) atoms. The van der Waals surface area contributed by atoms with Gasteiger partial charge in [0.25, 0.3) is 7.82 Å². The standard InChI is InChI=1S/C59H116NO8P/c1-6-8-10-12-14-16-17-18-19-20-21-22-23-24-25-26-27-28-29-30-31-32-33-34-35-36-37-38-39-40-41-42-43-44-46-48-50-52-59(62)68-57(56-67-69(63,64)66-54-53-60(3,4)5)55-65-58(61)51-49-47-45-15-13-11-9-7-2/h20-21,57H,6-19,22-56H2,1-5H3/b21-20-. The van der Waals surface area contributed by atoms with Crippen molar-refractivity contribution in [3.8, 4) is 0 Å². The lowest BCUT2D eigenvalue weighted by molar-refractivity contribution is -0.870. The lowest BCUT2D eigenvalue weighted by Crippen LogP contribution is -2.37. The zero-order chi connectivity index (χ0) is 50.6. The maximum Gasteiger partial charge on any atom is 0.306 e. The number of ether oxygens (including phenoxy) is 2. The molecule has 0 aliphatic heterocycles. The van der Waals surface area contributed by atoms with E-state index in [1.807, 2.05) is 21.1 Å². The van der Waals surface area contributed by atoms with Crippen LogP contribution in [0.15, 0.2) is 12.2 Å². The second kappa shape index (κ2) is 51.6. The van der Waals surface area contributed by atoms with Gasteiger partial charge in [-0.05, 0) is 38.5 Å². The SMILES string of the molecule is CCCCCCCCCC/C=C\CCCCCCCCCCCCCCCCCCCCCCCCCCCC(=O)OC(COC(=O)CCCCCCCCCC)COP(=O)([O-])OCC[N+](C)(C)C. The number of hydrogen-bond acceptors (Lipinski definition) is 8. The number of carbonyl (C=O) groups is 2. The number of nitrogens with zero attached hydrogens (tertiary/aromatic N) is 1. The van der Waals surface area contributed by atoms with Gasteiger partial charge in [0.15, 0.2) is 6.10 Å². The Bertz CT molecular complexity index is 1180. The highest BCUT2D eigenvalue weighted by atomic mass is 31.2. The molecule has 410 valence electrons. The number of carbonyl (C=O) groups excluding carboxylic acids is 2. The maximum atomic E-state index is 12.7. The molecule has 2 unspecified atom stereocenters. The van der Waals surface area contributed by atoms with Gasteiger partial charge in [0.05, 0.1) is 27.7 Å². The largest absolute Gasteiger partial charge is 0.756 e. The summed E-state index contributed by atoms with van der Waals surface area (Å²) in [7, 11) is 1.18. The molecule has 9 nitrogen and oxygen atoms in total. The van der Waals surface area contributed by atoms with Crippen LogP contribution in [0.3, 0.4) is 0 Å². The molecule has 10 heteroatoms. The van der Waals surface area contributed by atoms with E-state index in [9.17, 15) is 19.0 Å². The van der Waals surface area contributed by atoms with Gasteiger partial charge in [0, 0.05) is 12.8 Å². The molecule has 0 aliphatic rings. The number of phosphoric acid groups is 1. The van der Waals surface area contributed by atoms with Crippen LogP contribution in [0.25, 0.3) is 0 Å². The minimum atomic E-state index is -4.62. The minimum Gasteiger partial charge on any atom is -0.756 e. The van der Waals surface area contributed by atoms with Gasteiger partial charge in [0.1, 0.15) is 19.8 Å². The normalized spacial score (nSPS) is 13.3. The van der Waals surface area contributed by atoms with Gasteiger partial charge in [0.2, 0.25) is 0 Å². The molecule has 0 radical (unpaired) electrons. The lowest BCUT2D eigenvalue weighted by atomic mass is 10.0. The van der Waals surface area contributed by atoms with Crippen molar-refractivity contribution in [2.45, 2.75) is 309 Å². The highest BCUT2D eigenvalue weighted by Crippen LogP contribution is 2.38. The van der Waals surface area contributed by atoms with Crippen LogP contribution in [-0.4, -0.2) is 70.0 Å². The van der Waals surface area contributed by atoms with Crippen molar-refractivity contribution in [1.82, 2.24) is 0 Å². The Morgan fingerprint density at radius 3 is 1.07 bits per heavy atom. The fourth-order valence-corrected chi connectivity index (χ4v) is 9.62. The molecular formula is C59H116NO8P. The van der Waals surface area contributed by atoms with E-state index in [-0.39, 0.29) is 32.0 Å². The van der Waals surface area contributed by atoms with Crippen molar-refractivity contribution in [1.29, 1.82) is 0 Å². The van der Waals surface area contributed by atoms with Gasteiger partial charge in [-0.1, -0.05) is 264 Å². The maximum absolute atomic E-state index is 12.7. The fraction of sp³-hybridized carbons (Fsp3) is 0.932. The van der Waals surface area contributed by atoms with Crippen LogP contribution in [0.2, 0.25) is 0 Å². The summed E-state index contributed by atoms with van der Waals surface area (Å²) < 4.78 is 34.0. The average molecular weight is 999 g/mol. The third-order valence-corrected chi connectivity index (χ3v) is 14.5. The molecule has 2 atom stereocenters. The predicted molar refractivity (Wildman–Crippen MR) is 292 cm³/mol. The van der Waals surface area contributed by atoms with Gasteiger partial charge >= 0.3 is 11.9 Å². The summed E-state index contributed by atoms with van der Waals surface area (Å²) in [5.41, 5.74) is 0. The molecule has 0 aromatic heterocycles. The van der Waals surface area contributed by atoms with Crippen LogP contribution in [0.5, 0.6) is 0 Å². The molecule has 0 spiro atoms. The minimum absolute atomic E-state index is 0.0265. The van der Waals surface area contributed by atoms with E-state index < -0.39 is 26.5 Å². The number of unbranched alkanes of at least 4 members (excludes halogenated alkanes) is 40. The summed E-state index contributed by atoms with van der Waals surface area (Å²) in [6, 6.07) is 0. The smallest absolute Gasteiger partial charge is 0.306 e. The number of esters is 2. The van der Waals surface area contributed by atoms with Crippen molar-refractivity contribution < 1.29 is 42.1 Å². The molecule has 0 fully saturated rings. The Kier molecular flexibility index (Phi) is 50.7. The van der Waals surface area contributed by atoms with Gasteiger partial charge in [-0.3, -0.25) is 14.2 Å². The van der Waals surface area contributed by atoms with E-state index in [1.54, 1.807) is 0 Å². The summed E-state index contributed by atoms with van der Waals surface area (Å²) in [4.78, 5) is 37.6. The molecule has 0 N–H and O–H groups in total. The van der Waals surface area contributed by atoms with E-state index in [1.165, 1.54) is 238 Å². The van der Waals surface area contributed by atoms with E-state index in [4.69, 9.17) is 18.5 Å². The molecule has 0 aliphatic carbocycles.